The predicted molar refractivity (Wildman–Crippen MR) is 137 cm³/mol. The number of nitrogens with one attached hydrogen (secondary N) is 1. The molecule has 11 heteroatoms. The van der Waals surface area contributed by atoms with E-state index in [1.165, 1.54) is 41.2 Å². The molecule has 1 aliphatic heterocycles. The van der Waals surface area contributed by atoms with Crippen LogP contribution in [0.5, 0.6) is 0 Å². The molecule has 194 valence electrons. The fourth-order valence-corrected chi connectivity index (χ4v) is 5.83. The number of halogens is 1. The highest BCUT2D eigenvalue weighted by Gasteiger charge is 2.24. The lowest BCUT2D eigenvalue weighted by Crippen LogP contribution is -2.41. The molecule has 2 aromatic heterocycles. The molecule has 1 aliphatic rings. The minimum absolute atomic E-state index is 0.0937. The number of amides is 1. The van der Waals surface area contributed by atoms with Crippen molar-refractivity contribution in [3.05, 3.63) is 71.8 Å². The summed E-state index contributed by atoms with van der Waals surface area (Å²) in [5, 5.41) is 7.77. The number of carbonyl (C=O) groups is 1. The average Bonchev–Trinajstić information content (AvgIpc) is 3.45. The van der Waals surface area contributed by atoms with Crippen LogP contribution >= 0.6 is 0 Å². The molecule has 37 heavy (non-hydrogen) atoms. The number of aromatic nitrogens is 3. The number of nitrogens with zero attached hydrogens (tertiary/aromatic N) is 4. The molecule has 0 bridgehead atoms. The minimum Gasteiger partial charge on any atom is -0.379 e. The van der Waals surface area contributed by atoms with Crippen LogP contribution in [0.2, 0.25) is 0 Å². The van der Waals surface area contributed by atoms with Gasteiger partial charge in [0.25, 0.3) is 15.9 Å². The van der Waals surface area contributed by atoms with Gasteiger partial charge in [0.1, 0.15) is 5.82 Å². The van der Waals surface area contributed by atoms with Gasteiger partial charge in [-0.15, -0.1) is 0 Å². The standard InChI is InChI=1S/C26H28FN5O4S/c1-18-3-6-20(7-4-18)37(34,35)32-17-22(21-8-5-19(27)15-25(21)32)24-16-23(29-30(24)2)26(33)28-9-10-31-11-13-36-14-12-31/h3-8,15-17H,9-14H2,1-2H3,(H,28,33). The highest BCUT2D eigenvalue weighted by Crippen LogP contribution is 2.34. The molecule has 0 aliphatic carbocycles. The van der Waals surface area contributed by atoms with Crippen LogP contribution in [0.3, 0.4) is 0 Å². The molecule has 1 N–H and O–H groups in total. The Hall–Kier alpha value is -3.54. The van der Waals surface area contributed by atoms with E-state index in [4.69, 9.17) is 4.74 Å². The summed E-state index contributed by atoms with van der Waals surface area (Å²) in [6.07, 6.45) is 1.45. The number of hydrogen-bond acceptors (Lipinski definition) is 6. The highest BCUT2D eigenvalue weighted by atomic mass is 32.2. The Morgan fingerprint density at radius 3 is 2.57 bits per heavy atom. The van der Waals surface area contributed by atoms with Crippen molar-refractivity contribution in [2.45, 2.75) is 11.8 Å². The maximum Gasteiger partial charge on any atom is 0.271 e. The van der Waals surface area contributed by atoms with Crippen molar-refractivity contribution < 1.29 is 22.3 Å². The van der Waals surface area contributed by atoms with Crippen LogP contribution < -0.4 is 5.32 Å². The summed E-state index contributed by atoms with van der Waals surface area (Å²) in [4.78, 5) is 15.1. The lowest BCUT2D eigenvalue weighted by Gasteiger charge is -2.26. The Balaban J connectivity index is 1.47. The van der Waals surface area contributed by atoms with Gasteiger partial charge in [-0.25, -0.2) is 16.8 Å². The quantitative estimate of drug-likeness (QED) is 0.399. The number of hydrogen-bond donors (Lipinski definition) is 1. The van der Waals surface area contributed by atoms with Crippen molar-refractivity contribution >= 4 is 26.8 Å². The third-order valence-electron chi connectivity index (χ3n) is 6.52. The van der Waals surface area contributed by atoms with E-state index in [2.05, 4.69) is 15.3 Å². The van der Waals surface area contributed by atoms with Crippen LogP contribution in [0, 0.1) is 12.7 Å². The smallest absolute Gasteiger partial charge is 0.271 e. The summed E-state index contributed by atoms with van der Waals surface area (Å²) < 4.78 is 49.2. The van der Waals surface area contributed by atoms with Crippen molar-refractivity contribution in [1.29, 1.82) is 0 Å². The Kier molecular flexibility index (Phi) is 6.84. The summed E-state index contributed by atoms with van der Waals surface area (Å²) in [6.45, 7) is 6.10. The first kappa shape index (κ1) is 25.1. The van der Waals surface area contributed by atoms with Crippen molar-refractivity contribution in [1.82, 2.24) is 24.0 Å². The van der Waals surface area contributed by atoms with Crippen molar-refractivity contribution in [3.8, 4) is 11.3 Å². The highest BCUT2D eigenvalue weighted by molar-refractivity contribution is 7.90. The molecular weight excluding hydrogens is 497 g/mol. The van der Waals surface area contributed by atoms with Crippen molar-refractivity contribution in [2.24, 2.45) is 7.05 Å². The topological polar surface area (TPSA) is 98.5 Å². The number of morpholine rings is 1. The zero-order chi connectivity index (χ0) is 26.2. The van der Waals surface area contributed by atoms with E-state index < -0.39 is 15.8 Å². The maximum absolute atomic E-state index is 14.2. The van der Waals surface area contributed by atoms with Crippen molar-refractivity contribution in [3.63, 3.8) is 0 Å². The molecule has 0 atom stereocenters. The molecular formula is C26H28FN5O4S. The molecule has 5 rings (SSSR count). The predicted octanol–water partition coefficient (Wildman–Crippen LogP) is 2.79. The average molecular weight is 526 g/mol. The number of rotatable bonds is 7. The van der Waals surface area contributed by atoms with Gasteiger partial charge < -0.3 is 10.1 Å². The molecule has 0 unspecified atom stereocenters. The van der Waals surface area contributed by atoms with Crippen LogP contribution in [-0.2, 0) is 21.8 Å². The van der Waals surface area contributed by atoms with Gasteiger partial charge in [-0.05, 0) is 43.3 Å². The van der Waals surface area contributed by atoms with Gasteiger partial charge in [-0.3, -0.25) is 14.4 Å². The van der Waals surface area contributed by atoms with Gasteiger partial charge in [-0.2, -0.15) is 5.10 Å². The van der Waals surface area contributed by atoms with Crippen LogP contribution in [0.25, 0.3) is 22.2 Å². The molecule has 0 radical (unpaired) electrons. The normalized spacial score (nSPS) is 14.8. The third kappa shape index (κ3) is 5.02. The lowest BCUT2D eigenvalue weighted by molar-refractivity contribution is 0.0383. The van der Waals surface area contributed by atoms with Gasteiger partial charge in [0.05, 0.1) is 29.3 Å². The van der Waals surface area contributed by atoms with Gasteiger partial charge in [-0.1, -0.05) is 17.7 Å². The zero-order valence-corrected chi connectivity index (χ0v) is 21.5. The summed E-state index contributed by atoms with van der Waals surface area (Å²) >= 11 is 0. The number of benzene rings is 2. The number of ether oxygens (including phenoxy) is 1. The fourth-order valence-electron chi connectivity index (χ4n) is 4.47. The second-order valence-corrected chi connectivity index (χ2v) is 10.9. The number of aryl methyl sites for hydroxylation is 2. The molecule has 3 heterocycles. The zero-order valence-electron chi connectivity index (χ0n) is 20.6. The van der Waals surface area contributed by atoms with E-state index in [9.17, 15) is 17.6 Å². The minimum atomic E-state index is -4.00. The fraction of sp³-hybridized carbons (Fsp3) is 0.308. The Labute approximate surface area is 214 Å². The molecule has 0 saturated carbocycles. The summed E-state index contributed by atoms with van der Waals surface area (Å²) in [7, 11) is -2.32. The summed E-state index contributed by atoms with van der Waals surface area (Å²) in [5.74, 6) is -0.875. The summed E-state index contributed by atoms with van der Waals surface area (Å²) in [6, 6.07) is 12.1. The van der Waals surface area contributed by atoms with E-state index in [0.29, 0.717) is 42.9 Å². The Morgan fingerprint density at radius 2 is 1.84 bits per heavy atom. The second-order valence-electron chi connectivity index (χ2n) is 9.07. The number of carbonyl (C=O) groups excluding carboxylic acids is 1. The molecule has 1 saturated heterocycles. The van der Waals surface area contributed by atoms with Crippen LogP contribution in [0.15, 0.2) is 59.6 Å². The third-order valence-corrected chi connectivity index (χ3v) is 8.21. The Bertz CT molecular complexity index is 1550. The first-order valence-corrected chi connectivity index (χ1v) is 13.4. The van der Waals surface area contributed by atoms with Crippen LogP contribution in [-0.4, -0.2) is 72.4 Å². The van der Waals surface area contributed by atoms with Crippen LogP contribution in [0.1, 0.15) is 16.1 Å². The molecule has 4 aromatic rings. The molecule has 0 spiro atoms. The van der Waals surface area contributed by atoms with E-state index >= 15 is 0 Å². The second kappa shape index (κ2) is 10.1. The summed E-state index contributed by atoms with van der Waals surface area (Å²) in [5.41, 5.74) is 2.40. The monoisotopic (exact) mass is 525 g/mol. The SMILES string of the molecule is Cc1ccc(S(=O)(=O)n2cc(-c3cc(C(=O)NCCN4CCOCC4)nn3C)c3ccc(F)cc32)cc1. The van der Waals surface area contributed by atoms with Gasteiger partial charge >= 0.3 is 0 Å². The van der Waals surface area contributed by atoms with Gasteiger partial charge in [0.2, 0.25) is 0 Å². The first-order chi connectivity index (χ1) is 17.7. The molecule has 2 aromatic carbocycles. The first-order valence-electron chi connectivity index (χ1n) is 12.0. The molecule has 1 fully saturated rings. The maximum atomic E-state index is 14.2. The van der Waals surface area contributed by atoms with Gasteiger partial charge in [0, 0.05) is 50.4 Å². The van der Waals surface area contributed by atoms with Crippen LogP contribution in [0.4, 0.5) is 4.39 Å². The van der Waals surface area contributed by atoms with E-state index in [1.54, 1.807) is 25.2 Å². The Morgan fingerprint density at radius 1 is 1.11 bits per heavy atom. The van der Waals surface area contributed by atoms with Crippen molar-refractivity contribution in [2.75, 3.05) is 39.4 Å². The number of fused-ring (bicyclic) bond motifs is 1. The van der Waals surface area contributed by atoms with E-state index in [1.807, 2.05) is 6.92 Å². The van der Waals surface area contributed by atoms with E-state index in [0.717, 1.165) is 22.6 Å². The van der Waals surface area contributed by atoms with E-state index in [-0.39, 0.29) is 22.0 Å². The molecule has 1 amide bonds. The van der Waals surface area contributed by atoms with Gasteiger partial charge in [0.15, 0.2) is 5.69 Å². The largest absolute Gasteiger partial charge is 0.379 e. The lowest BCUT2D eigenvalue weighted by atomic mass is 10.1. The molecule has 9 nitrogen and oxygen atoms in total.